The summed E-state index contributed by atoms with van der Waals surface area (Å²) >= 11 is 5.41. The van der Waals surface area contributed by atoms with Crippen molar-refractivity contribution in [1.29, 1.82) is 0 Å². The van der Waals surface area contributed by atoms with E-state index in [0.29, 0.717) is 10.8 Å². The van der Waals surface area contributed by atoms with Crippen LogP contribution < -0.4 is 5.32 Å². The zero-order chi connectivity index (χ0) is 20.5. The summed E-state index contributed by atoms with van der Waals surface area (Å²) in [5.74, 6) is -0.683. The van der Waals surface area contributed by atoms with Gasteiger partial charge in [-0.15, -0.1) is 0 Å². The van der Waals surface area contributed by atoms with Gasteiger partial charge in [-0.1, -0.05) is 18.2 Å². The fourth-order valence-corrected chi connectivity index (χ4v) is 3.73. The Labute approximate surface area is 166 Å². The predicted molar refractivity (Wildman–Crippen MR) is 100 cm³/mol. The summed E-state index contributed by atoms with van der Waals surface area (Å²) in [5.41, 5.74) is -0.222. The molecule has 0 amide bonds. The van der Waals surface area contributed by atoms with Crippen LogP contribution in [0, 0.1) is 0 Å². The minimum atomic E-state index is -4.56. The predicted octanol–water partition coefficient (Wildman–Crippen LogP) is 3.56. The number of halogens is 3. The molecular formula is C19H21F3N2O3S. The molecule has 5 nitrogen and oxygen atoms in total. The lowest BCUT2D eigenvalue weighted by Crippen LogP contribution is -2.49. The monoisotopic (exact) mass is 414 g/mol. The molecule has 1 heterocycles. The standard InChI is InChI=1S/C19H21F3N2O3S/c1-11-15(17(25)27-10-9-26-2)16(23-18(28)24(11)12-7-8-12)13-5-3-4-6-14(13)19(20,21)22/h3-6,12,16H,7-10H2,1-2H3,(H,23,28)/t16-/m0/s1. The van der Waals surface area contributed by atoms with Crippen molar-refractivity contribution in [3.63, 3.8) is 0 Å². The number of nitrogens with one attached hydrogen (secondary N) is 1. The molecule has 1 aliphatic heterocycles. The number of thiocarbonyl (C=S) groups is 1. The molecule has 1 aromatic rings. The van der Waals surface area contributed by atoms with E-state index in [-0.39, 0.29) is 30.4 Å². The van der Waals surface area contributed by atoms with Gasteiger partial charge in [-0.3, -0.25) is 0 Å². The van der Waals surface area contributed by atoms with Crippen molar-refractivity contribution in [2.45, 2.75) is 38.0 Å². The quantitative estimate of drug-likeness (QED) is 0.436. The number of rotatable bonds is 6. The molecule has 1 aliphatic carbocycles. The van der Waals surface area contributed by atoms with E-state index in [0.717, 1.165) is 18.9 Å². The maximum atomic E-state index is 13.6. The molecule has 1 saturated carbocycles. The molecule has 0 bridgehead atoms. The molecule has 2 aliphatic rings. The van der Waals surface area contributed by atoms with Crippen LogP contribution in [0.3, 0.4) is 0 Å². The number of allylic oxidation sites excluding steroid dienone is 1. The van der Waals surface area contributed by atoms with Crippen molar-refractivity contribution >= 4 is 23.3 Å². The molecule has 9 heteroatoms. The summed E-state index contributed by atoms with van der Waals surface area (Å²) in [6.45, 7) is 1.90. The summed E-state index contributed by atoms with van der Waals surface area (Å²) in [5, 5.41) is 3.25. The van der Waals surface area contributed by atoms with Gasteiger partial charge in [0.25, 0.3) is 0 Å². The molecule has 0 spiro atoms. The third-order valence-corrected chi connectivity index (χ3v) is 5.07. The highest BCUT2D eigenvalue weighted by Crippen LogP contribution is 2.41. The van der Waals surface area contributed by atoms with Crippen LogP contribution in [0.5, 0.6) is 0 Å². The van der Waals surface area contributed by atoms with Crippen molar-refractivity contribution in [2.75, 3.05) is 20.3 Å². The number of benzene rings is 1. The van der Waals surface area contributed by atoms with E-state index >= 15 is 0 Å². The second-order valence-corrected chi connectivity index (χ2v) is 7.08. The molecule has 1 atom stereocenters. The number of hydrogen-bond acceptors (Lipinski definition) is 4. The highest BCUT2D eigenvalue weighted by Gasteiger charge is 2.43. The Morgan fingerprint density at radius 1 is 1.29 bits per heavy atom. The van der Waals surface area contributed by atoms with Gasteiger partial charge in [0, 0.05) is 18.8 Å². The topological polar surface area (TPSA) is 50.8 Å². The lowest BCUT2D eigenvalue weighted by molar-refractivity contribution is -0.142. The number of methoxy groups -OCH3 is 1. The molecule has 28 heavy (non-hydrogen) atoms. The molecule has 0 radical (unpaired) electrons. The first-order valence-electron chi connectivity index (χ1n) is 8.88. The molecule has 1 aromatic carbocycles. The smallest absolute Gasteiger partial charge is 0.416 e. The molecule has 3 rings (SSSR count). The van der Waals surface area contributed by atoms with Crippen molar-refractivity contribution in [1.82, 2.24) is 10.2 Å². The SMILES string of the molecule is COCCOC(=O)C1=C(C)N(C2CC2)C(=S)N[C@H]1c1ccccc1C(F)(F)F. The Morgan fingerprint density at radius 3 is 2.57 bits per heavy atom. The summed E-state index contributed by atoms with van der Waals surface area (Å²) in [6.07, 6.45) is -2.74. The van der Waals surface area contributed by atoms with Crippen LogP contribution in [0.15, 0.2) is 35.5 Å². The van der Waals surface area contributed by atoms with Crippen LogP contribution in [0.2, 0.25) is 0 Å². The first kappa shape index (κ1) is 20.6. The van der Waals surface area contributed by atoms with Crippen molar-refractivity contribution < 1.29 is 27.4 Å². The number of carbonyl (C=O) groups excluding carboxylic acids is 1. The molecule has 0 aromatic heterocycles. The molecule has 0 saturated heterocycles. The van der Waals surface area contributed by atoms with Crippen molar-refractivity contribution in [3.05, 3.63) is 46.7 Å². The molecule has 1 N–H and O–H groups in total. The van der Waals surface area contributed by atoms with Crippen LogP contribution in [0.1, 0.15) is 36.9 Å². The number of nitrogens with zero attached hydrogens (tertiary/aromatic N) is 1. The summed E-state index contributed by atoms with van der Waals surface area (Å²) in [7, 11) is 1.47. The van der Waals surface area contributed by atoms with Crippen LogP contribution in [0.25, 0.3) is 0 Å². The third kappa shape index (κ3) is 4.15. The highest BCUT2D eigenvalue weighted by atomic mass is 32.1. The van der Waals surface area contributed by atoms with Gasteiger partial charge >= 0.3 is 12.1 Å². The third-order valence-electron chi connectivity index (χ3n) is 4.76. The van der Waals surface area contributed by atoms with Crippen LogP contribution in [-0.2, 0) is 20.4 Å². The Bertz CT molecular complexity index is 806. The van der Waals surface area contributed by atoms with Gasteiger partial charge in [-0.05, 0) is 43.6 Å². The summed E-state index contributed by atoms with van der Waals surface area (Å²) in [6, 6.07) is 4.28. The van der Waals surface area contributed by atoms with E-state index in [9.17, 15) is 18.0 Å². The zero-order valence-corrected chi connectivity index (χ0v) is 16.3. The van der Waals surface area contributed by atoms with E-state index in [4.69, 9.17) is 21.7 Å². The fraction of sp³-hybridized carbons (Fsp3) is 0.474. The number of alkyl halides is 3. The average molecular weight is 414 g/mol. The second kappa shape index (κ2) is 8.08. The van der Waals surface area contributed by atoms with Gasteiger partial charge in [0.1, 0.15) is 6.61 Å². The minimum absolute atomic E-state index is 0.00757. The largest absolute Gasteiger partial charge is 0.460 e. The first-order chi connectivity index (χ1) is 13.3. The number of esters is 1. The van der Waals surface area contributed by atoms with Crippen LogP contribution >= 0.6 is 12.2 Å². The second-order valence-electron chi connectivity index (χ2n) is 6.70. The van der Waals surface area contributed by atoms with Gasteiger partial charge in [-0.25, -0.2) is 4.79 Å². The Kier molecular flexibility index (Phi) is 5.95. The minimum Gasteiger partial charge on any atom is -0.460 e. The van der Waals surface area contributed by atoms with Crippen molar-refractivity contribution in [3.8, 4) is 0 Å². The lowest BCUT2D eigenvalue weighted by Gasteiger charge is -2.38. The molecule has 152 valence electrons. The first-order valence-corrected chi connectivity index (χ1v) is 9.29. The summed E-state index contributed by atoms with van der Waals surface area (Å²) < 4.78 is 50.8. The van der Waals surface area contributed by atoms with E-state index in [1.54, 1.807) is 11.8 Å². The van der Waals surface area contributed by atoms with Gasteiger partial charge in [0.15, 0.2) is 5.11 Å². The highest BCUT2D eigenvalue weighted by molar-refractivity contribution is 7.80. The Morgan fingerprint density at radius 2 is 1.96 bits per heavy atom. The number of carbonyl (C=O) groups is 1. The van der Waals surface area contributed by atoms with Crippen LogP contribution in [0.4, 0.5) is 13.2 Å². The fourth-order valence-electron chi connectivity index (χ4n) is 3.33. The van der Waals surface area contributed by atoms with Gasteiger partial charge < -0.3 is 19.7 Å². The van der Waals surface area contributed by atoms with Gasteiger partial charge in [-0.2, -0.15) is 13.2 Å². The van der Waals surface area contributed by atoms with Crippen molar-refractivity contribution in [2.24, 2.45) is 0 Å². The normalized spacial score (nSPS) is 20.2. The van der Waals surface area contributed by atoms with Gasteiger partial charge in [0.2, 0.25) is 0 Å². The zero-order valence-electron chi connectivity index (χ0n) is 15.5. The van der Waals surface area contributed by atoms with Crippen LogP contribution in [-0.4, -0.2) is 42.3 Å². The van der Waals surface area contributed by atoms with Gasteiger partial charge in [0.05, 0.1) is 23.8 Å². The number of ether oxygens (including phenoxy) is 2. The lowest BCUT2D eigenvalue weighted by atomic mass is 9.91. The summed E-state index contributed by atoms with van der Waals surface area (Å²) in [4.78, 5) is 14.6. The van der Waals surface area contributed by atoms with E-state index in [2.05, 4.69) is 5.32 Å². The maximum Gasteiger partial charge on any atom is 0.416 e. The molecular weight excluding hydrogens is 393 g/mol. The van der Waals surface area contributed by atoms with E-state index < -0.39 is 23.8 Å². The Balaban J connectivity index is 2.06. The Hall–Kier alpha value is -2.13. The molecule has 1 fully saturated rings. The van der Waals surface area contributed by atoms with E-state index in [1.165, 1.54) is 25.3 Å². The maximum absolute atomic E-state index is 13.6. The number of hydrogen-bond donors (Lipinski definition) is 1. The molecule has 0 unspecified atom stereocenters. The van der Waals surface area contributed by atoms with E-state index in [1.807, 2.05) is 0 Å². The average Bonchev–Trinajstić information content (AvgIpc) is 3.45.